The van der Waals surface area contributed by atoms with E-state index in [1.807, 2.05) is 0 Å². The molecule has 0 saturated carbocycles. The summed E-state index contributed by atoms with van der Waals surface area (Å²) < 4.78 is 10.4. The van der Waals surface area contributed by atoms with Crippen LogP contribution in [0.3, 0.4) is 0 Å². The van der Waals surface area contributed by atoms with E-state index in [9.17, 15) is 9.59 Å². The van der Waals surface area contributed by atoms with Crippen molar-refractivity contribution in [2.24, 2.45) is 0 Å². The standard InChI is InChI=1S/C12H8BrClO4/c1-5-7-3-8(14)10(17-6(2)15)4-9(7)18-12(16)11(5)13/h3-4H,1-2H3. The van der Waals surface area contributed by atoms with Crippen molar-refractivity contribution < 1.29 is 13.9 Å². The highest BCUT2D eigenvalue weighted by Gasteiger charge is 2.13. The highest BCUT2D eigenvalue weighted by atomic mass is 79.9. The molecule has 0 unspecified atom stereocenters. The van der Waals surface area contributed by atoms with E-state index >= 15 is 0 Å². The van der Waals surface area contributed by atoms with Gasteiger partial charge in [0, 0.05) is 18.4 Å². The van der Waals surface area contributed by atoms with Crippen LogP contribution in [-0.4, -0.2) is 5.97 Å². The summed E-state index contributed by atoms with van der Waals surface area (Å²) in [6, 6.07) is 3.03. The number of halogens is 2. The van der Waals surface area contributed by atoms with Crippen molar-refractivity contribution >= 4 is 44.5 Å². The monoisotopic (exact) mass is 330 g/mol. The number of aryl methyl sites for hydroxylation is 1. The number of carbonyl (C=O) groups excluding carboxylic acids is 1. The maximum absolute atomic E-state index is 11.5. The van der Waals surface area contributed by atoms with Gasteiger partial charge >= 0.3 is 11.6 Å². The second-order valence-electron chi connectivity index (χ2n) is 3.70. The van der Waals surface area contributed by atoms with Crippen LogP contribution in [0.25, 0.3) is 11.0 Å². The van der Waals surface area contributed by atoms with E-state index in [0.717, 1.165) is 5.56 Å². The van der Waals surface area contributed by atoms with E-state index < -0.39 is 11.6 Å². The first-order chi connectivity index (χ1) is 8.40. The summed E-state index contributed by atoms with van der Waals surface area (Å²) in [5.41, 5.74) is 0.551. The molecule has 0 amide bonds. The third-order valence-electron chi connectivity index (χ3n) is 2.40. The van der Waals surface area contributed by atoms with E-state index in [0.29, 0.717) is 15.4 Å². The van der Waals surface area contributed by atoms with Crippen LogP contribution in [0, 0.1) is 6.92 Å². The Morgan fingerprint density at radius 3 is 2.72 bits per heavy atom. The third-order valence-corrected chi connectivity index (χ3v) is 3.62. The highest BCUT2D eigenvalue weighted by Crippen LogP contribution is 2.32. The first-order valence-electron chi connectivity index (χ1n) is 5.01. The summed E-state index contributed by atoms with van der Waals surface area (Å²) in [6.45, 7) is 3.04. The van der Waals surface area contributed by atoms with E-state index in [4.69, 9.17) is 20.8 Å². The van der Waals surface area contributed by atoms with Crippen molar-refractivity contribution in [3.05, 3.63) is 37.6 Å². The lowest BCUT2D eigenvalue weighted by molar-refractivity contribution is -0.131. The molecule has 0 fully saturated rings. The number of esters is 1. The van der Waals surface area contributed by atoms with Gasteiger partial charge in [0.25, 0.3) is 0 Å². The van der Waals surface area contributed by atoms with Crippen molar-refractivity contribution in [3.8, 4) is 5.75 Å². The molecule has 4 nitrogen and oxygen atoms in total. The molecule has 0 bridgehead atoms. The predicted molar refractivity (Wildman–Crippen MR) is 71.2 cm³/mol. The molecule has 1 aromatic heterocycles. The molecule has 2 aromatic rings. The molecule has 6 heteroatoms. The topological polar surface area (TPSA) is 56.5 Å². The molecule has 2 rings (SSSR count). The fourth-order valence-corrected chi connectivity index (χ4v) is 2.06. The number of ether oxygens (including phenoxy) is 1. The lowest BCUT2D eigenvalue weighted by atomic mass is 10.1. The van der Waals surface area contributed by atoms with Gasteiger partial charge in [0.15, 0.2) is 5.75 Å². The Labute approximate surface area is 116 Å². The van der Waals surface area contributed by atoms with Crippen LogP contribution >= 0.6 is 27.5 Å². The minimum atomic E-state index is -0.493. The minimum absolute atomic E-state index is 0.168. The van der Waals surface area contributed by atoms with Gasteiger partial charge in [-0.15, -0.1) is 0 Å². The zero-order chi connectivity index (χ0) is 13.4. The molecule has 0 radical (unpaired) electrons. The van der Waals surface area contributed by atoms with Crippen LogP contribution in [0.4, 0.5) is 0 Å². The number of rotatable bonds is 1. The number of hydrogen-bond acceptors (Lipinski definition) is 4. The lowest BCUT2D eigenvalue weighted by Crippen LogP contribution is -2.04. The zero-order valence-corrected chi connectivity index (χ0v) is 11.9. The summed E-state index contributed by atoms with van der Waals surface area (Å²) >= 11 is 9.15. The maximum Gasteiger partial charge on any atom is 0.350 e. The van der Waals surface area contributed by atoms with Gasteiger partial charge in [0.05, 0.1) is 5.02 Å². The smallest absolute Gasteiger partial charge is 0.350 e. The molecule has 0 saturated heterocycles. The molecule has 0 aliphatic carbocycles. The van der Waals surface area contributed by atoms with Gasteiger partial charge in [-0.1, -0.05) is 11.6 Å². The van der Waals surface area contributed by atoms with Crippen molar-refractivity contribution in [2.75, 3.05) is 0 Å². The molecule has 18 heavy (non-hydrogen) atoms. The Morgan fingerprint density at radius 2 is 2.11 bits per heavy atom. The summed E-state index contributed by atoms with van der Waals surface area (Å²) in [7, 11) is 0. The molecule has 0 spiro atoms. The van der Waals surface area contributed by atoms with Gasteiger partial charge < -0.3 is 9.15 Å². The van der Waals surface area contributed by atoms with Crippen LogP contribution in [0.5, 0.6) is 5.75 Å². The highest BCUT2D eigenvalue weighted by molar-refractivity contribution is 9.10. The van der Waals surface area contributed by atoms with Crippen molar-refractivity contribution in [3.63, 3.8) is 0 Å². The lowest BCUT2D eigenvalue weighted by Gasteiger charge is -2.07. The largest absolute Gasteiger partial charge is 0.425 e. The van der Waals surface area contributed by atoms with Crippen LogP contribution in [-0.2, 0) is 4.79 Å². The molecule has 0 N–H and O–H groups in total. The molecule has 1 aromatic carbocycles. The first-order valence-corrected chi connectivity index (χ1v) is 6.18. The molecule has 94 valence electrons. The predicted octanol–water partition coefficient (Wildman–Crippen LogP) is 3.44. The first kappa shape index (κ1) is 13.1. The van der Waals surface area contributed by atoms with Crippen LogP contribution < -0.4 is 10.4 Å². The second kappa shape index (κ2) is 4.74. The number of fused-ring (bicyclic) bond motifs is 1. The average Bonchev–Trinajstić information content (AvgIpc) is 2.28. The Bertz CT molecular complexity index is 705. The minimum Gasteiger partial charge on any atom is -0.425 e. The molecule has 1 heterocycles. The summed E-state index contributed by atoms with van der Waals surface area (Å²) in [6.07, 6.45) is 0. The Kier molecular flexibility index (Phi) is 3.45. The maximum atomic E-state index is 11.5. The summed E-state index contributed by atoms with van der Waals surface area (Å²) in [4.78, 5) is 22.4. The average molecular weight is 332 g/mol. The molecule has 0 aliphatic rings. The van der Waals surface area contributed by atoms with E-state index in [1.165, 1.54) is 13.0 Å². The van der Waals surface area contributed by atoms with Crippen molar-refractivity contribution in [1.29, 1.82) is 0 Å². The summed E-state index contributed by atoms with van der Waals surface area (Å²) in [5, 5.41) is 0.962. The fraction of sp³-hybridized carbons (Fsp3) is 0.167. The van der Waals surface area contributed by atoms with Gasteiger partial charge in [0.2, 0.25) is 0 Å². The zero-order valence-electron chi connectivity index (χ0n) is 9.54. The summed E-state index contributed by atoms with van der Waals surface area (Å²) in [5.74, 6) is -0.325. The Balaban J connectivity index is 2.76. The van der Waals surface area contributed by atoms with Gasteiger partial charge in [-0.3, -0.25) is 4.79 Å². The molecule has 0 atom stereocenters. The normalized spacial score (nSPS) is 10.7. The Morgan fingerprint density at radius 1 is 1.44 bits per heavy atom. The number of hydrogen-bond donors (Lipinski definition) is 0. The van der Waals surface area contributed by atoms with E-state index in [1.54, 1.807) is 13.0 Å². The van der Waals surface area contributed by atoms with Crippen LogP contribution in [0.1, 0.15) is 12.5 Å². The van der Waals surface area contributed by atoms with Gasteiger partial charge in [-0.25, -0.2) is 4.79 Å². The molecular weight excluding hydrogens is 323 g/mol. The van der Waals surface area contributed by atoms with Gasteiger partial charge in [0.1, 0.15) is 10.1 Å². The van der Waals surface area contributed by atoms with E-state index in [-0.39, 0.29) is 10.8 Å². The van der Waals surface area contributed by atoms with Crippen molar-refractivity contribution in [2.45, 2.75) is 13.8 Å². The molecule has 0 aliphatic heterocycles. The van der Waals surface area contributed by atoms with Gasteiger partial charge in [-0.05, 0) is 34.5 Å². The van der Waals surface area contributed by atoms with Crippen LogP contribution in [0.15, 0.2) is 25.8 Å². The third kappa shape index (κ3) is 2.28. The van der Waals surface area contributed by atoms with Crippen molar-refractivity contribution in [1.82, 2.24) is 0 Å². The quantitative estimate of drug-likeness (QED) is 0.456. The number of carbonyl (C=O) groups is 1. The van der Waals surface area contributed by atoms with E-state index in [2.05, 4.69) is 15.9 Å². The SMILES string of the molecule is CC(=O)Oc1cc2oc(=O)c(Br)c(C)c2cc1Cl. The van der Waals surface area contributed by atoms with Gasteiger partial charge in [-0.2, -0.15) is 0 Å². The second-order valence-corrected chi connectivity index (χ2v) is 4.90. The number of benzene rings is 1. The molecular formula is C12H8BrClO4. The van der Waals surface area contributed by atoms with Crippen LogP contribution in [0.2, 0.25) is 5.02 Å². The fourth-order valence-electron chi connectivity index (χ4n) is 1.56. The Hall–Kier alpha value is -1.33.